The van der Waals surface area contributed by atoms with Gasteiger partial charge in [0.1, 0.15) is 5.00 Å². The van der Waals surface area contributed by atoms with Gasteiger partial charge in [0, 0.05) is 29.2 Å². The highest BCUT2D eigenvalue weighted by Crippen LogP contribution is 2.40. The van der Waals surface area contributed by atoms with Crippen molar-refractivity contribution in [3.63, 3.8) is 0 Å². The molecule has 0 radical (unpaired) electrons. The molecule has 2 aromatic heterocycles. The zero-order valence-corrected chi connectivity index (χ0v) is 20.1. The van der Waals surface area contributed by atoms with Crippen molar-refractivity contribution in [1.82, 2.24) is 5.27 Å². The molecular weight excluding hydrogens is 462 g/mol. The molecule has 1 aliphatic carbocycles. The first-order chi connectivity index (χ1) is 16.0. The van der Waals surface area contributed by atoms with Crippen molar-refractivity contribution in [2.24, 2.45) is 5.92 Å². The Bertz CT molecular complexity index is 1200. The van der Waals surface area contributed by atoms with Crippen LogP contribution in [-0.4, -0.2) is 29.5 Å². The van der Waals surface area contributed by atoms with Crippen LogP contribution in [0, 0.1) is 5.92 Å². The first-order valence-corrected chi connectivity index (χ1v) is 12.7. The van der Waals surface area contributed by atoms with E-state index in [0.29, 0.717) is 27.3 Å². The van der Waals surface area contributed by atoms with E-state index in [0.717, 1.165) is 35.4 Å². The summed E-state index contributed by atoms with van der Waals surface area (Å²) in [4.78, 5) is 38.6. The molecule has 1 aromatic carbocycles. The second kappa shape index (κ2) is 10.4. The third kappa shape index (κ3) is 5.22. The largest absolute Gasteiger partial charge is 0.462 e. The molecule has 1 amide bonds. The number of thioether (sulfide) groups is 1. The second-order valence-electron chi connectivity index (χ2n) is 7.88. The number of fused-ring (bicyclic) bond motifs is 1. The summed E-state index contributed by atoms with van der Waals surface area (Å²) >= 11 is 2.70. The fourth-order valence-electron chi connectivity index (χ4n) is 3.82. The zero-order chi connectivity index (χ0) is 23.4. The van der Waals surface area contributed by atoms with Crippen LogP contribution in [0.25, 0.3) is 5.69 Å². The fourth-order valence-corrected chi connectivity index (χ4v) is 6.15. The van der Waals surface area contributed by atoms with Gasteiger partial charge in [0.25, 0.3) is 0 Å². The number of esters is 1. The summed E-state index contributed by atoms with van der Waals surface area (Å²) < 4.78 is 11.7. The van der Waals surface area contributed by atoms with E-state index in [4.69, 9.17) is 9.26 Å². The van der Waals surface area contributed by atoms with Crippen LogP contribution < -0.4 is 15.6 Å². The highest BCUT2D eigenvalue weighted by atomic mass is 32.2. The van der Waals surface area contributed by atoms with Gasteiger partial charge in [-0.15, -0.1) is 11.3 Å². The van der Waals surface area contributed by atoms with E-state index in [1.54, 1.807) is 11.6 Å². The standard InChI is InChI=1S/C23H25N3O5S2/c1-3-30-22(28)19-16-10-9-14(2)13-17(16)33-20(19)24-18(27)11-12-32-21-23(29)31-25-26(21)15-7-5-4-6-8-15/h4-8,14H,3,9-13H2,1-2H3,(H-,24,25,27,28,29)/p+1. The second-order valence-corrected chi connectivity index (χ2v) is 10.1. The van der Waals surface area contributed by atoms with Gasteiger partial charge >= 0.3 is 16.6 Å². The maximum Gasteiger partial charge on any atom is 0.442 e. The number of carbonyl (C=O) groups excluding carboxylic acids is 2. The Morgan fingerprint density at radius 1 is 1.33 bits per heavy atom. The Morgan fingerprint density at radius 3 is 2.88 bits per heavy atom. The summed E-state index contributed by atoms with van der Waals surface area (Å²) in [6.45, 7) is 4.25. The zero-order valence-electron chi connectivity index (χ0n) is 18.5. The minimum absolute atomic E-state index is 0.172. The number of benzene rings is 1. The van der Waals surface area contributed by atoms with Gasteiger partial charge in [0.2, 0.25) is 11.6 Å². The van der Waals surface area contributed by atoms with Crippen LogP contribution in [0.3, 0.4) is 0 Å². The summed E-state index contributed by atoms with van der Waals surface area (Å²) in [7, 11) is 0. The van der Waals surface area contributed by atoms with Crippen molar-refractivity contribution < 1.29 is 23.5 Å². The molecule has 33 heavy (non-hydrogen) atoms. The summed E-state index contributed by atoms with van der Waals surface area (Å²) in [5, 5.41) is 6.42. The first kappa shape index (κ1) is 23.3. The number of thiophene rings is 1. The molecule has 3 aromatic rings. The van der Waals surface area contributed by atoms with E-state index >= 15 is 0 Å². The summed E-state index contributed by atoms with van der Waals surface area (Å²) in [6.07, 6.45) is 2.91. The molecular formula is C23H26N3O5S2+. The van der Waals surface area contributed by atoms with Gasteiger partial charge in [0.15, 0.2) is 0 Å². The fraction of sp³-hybridized carbons (Fsp3) is 0.391. The normalized spacial score (nSPS) is 15.2. The molecule has 0 spiro atoms. The number of ether oxygens (including phenoxy) is 1. The molecule has 0 fully saturated rings. The molecule has 0 bridgehead atoms. The minimum atomic E-state index is -0.492. The van der Waals surface area contributed by atoms with Crippen LogP contribution in [0.4, 0.5) is 5.00 Å². The number of carbonyl (C=O) groups is 2. The van der Waals surface area contributed by atoms with Gasteiger partial charge in [-0.2, -0.15) is 0 Å². The van der Waals surface area contributed by atoms with Crippen LogP contribution in [0.2, 0.25) is 0 Å². The SMILES string of the molecule is CCOC(=O)c1c(NC(=O)CCSc2c(=O)o[nH][n+]2-c2ccccc2)sc2c1CCC(C)C2. The van der Waals surface area contributed by atoms with Crippen molar-refractivity contribution in [3.8, 4) is 5.69 Å². The Balaban J connectivity index is 1.44. The molecule has 174 valence electrons. The third-order valence-electron chi connectivity index (χ3n) is 5.43. The number of aromatic nitrogens is 2. The molecule has 8 nitrogen and oxygen atoms in total. The van der Waals surface area contributed by atoms with Gasteiger partial charge in [-0.3, -0.25) is 9.32 Å². The van der Waals surface area contributed by atoms with Crippen molar-refractivity contribution in [2.75, 3.05) is 17.7 Å². The predicted octanol–water partition coefficient (Wildman–Crippen LogP) is 3.73. The number of anilines is 1. The topological polar surface area (TPSA) is 105 Å². The van der Waals surface area contributed by atoms with Crippen LogP contribution in [0.15, 0.2) is 44.7 Å². The Hall–Kier alpha value is -2.85. The lowest BCUT2D eigenvalue weighted by Crippen LogP contribution is -2.36. The molecule has 4 rings (SSSR count). The van der Waals surface area contributed by atoms with E-state index in [9.17, 15) is 14.4 Å². The molecule has 0 saturated heterocycles. The summed E-state index contributed by atoms with van der Waals surface area (Å²) in [5.41, 5.74) is 1.77. The van der Waals surface area contributed by atoms with E-state index in [2.05, 4.69) is 17.5 Å². The Labute approximate surface area is 199 Å². The average molecular weight is 489 g/mol. The Morgan fingerprint density at radius 2 is 2.12 bits per heavy atom. The lowest BCUT2D eigenvalue weighted by Gasteiger charge is -2.18. The molecule has 1 unspecified atom stereocenters. The number of nitrogens with zero attached hydrogens (tertiary/aromatic N) is 1. The number of amides is 1. The number of hydrogen-bond acceptors (Lipinski definition) is 7. The molecule has 0 saturated carbocycles. The average Bonchev–Trinajstić information content (AvgIpc) is 3.34. The summed E-state index contributed by atoms with van der Waals surface area (Å²) in [5.74, 6) is 0.322. The van der Waals surface area contributed by atoms with Gasteiger partial charge < -0.3 is 10.1 Å². The lowest BCUT2D eigenvalue weighted by atomic mass is 9.88. The van der Waals surface area contributed by atoms with Gasteiger partial charge in [0.05, 0.1) is 12.2 Å². The number of aromatic amines is 1. The smallest absolute Gasteiger partial charge is 0.442 e. The van der Waals surface area contributed by atoms with E-state index in [1.807, 2.05) is 30.3 Å². The maximum absolute atomic E-state index is 12.7. The predicted molar refractivity (Wildman–Crippen MR) is 126 cm³/mol. The quantitative estimate of drug-likeness (QED) is 0.284. The summed E-state index contributed by atoms with van der Waals surface area (Å²) in [6, 6.07) is 9.29. The first-order valence-electron chi connectivity index (χ1n) is 10.9. The number of nitrogens with one attached hydrogen (secondary N) is 2. The van der Waals surface area contributed by atoms with E-state index in [1.165, 1.54) is 23.1 Å². The van der Waals surface area contributed by atoms with Crippen molar-refractivity contribution in [1.29, 1.82) is 0 Å². The molecule has 10 heteroatoms. The number of hydrogen-bond donors (Lipinski definition) is 2. The van der Waals surface area contributed by atoms with Crippen molar-refractivity contribution in [3.05, 3.63) is 56.8 Å². The van der Waals surface area contributed by atoms with Crippen LogP contribution in [0.1, 0.15) is 47.5 Å². The molecule has 1 atom stereocenters. The van der Waals surface area contributed by atoms with Crippen molar-refractivity contribution in [2.45, 2.75) is 44.6 Å². The third-order valence-corrected chi connectivity index (χ3v) is 7.63. The van der Waals surface area contributed by atoms with Crippen molar-refractivity contribution >= 4 is 40.0 Å². The maximum atomic E-state index is 12.7. The van der Waals surface area contributed by atoms with Gasteiger partial charge in [-0.1, -0.05) is 25.1 Å². The number of H-pyrrole nitrogens is 1. The van der Waals surface area contributed by atoms with Crippen LogP contribution in [0.5, 0.6) is 0 Å². The molecule has 0 aliphatic heterocycles. The minimum Gasteiger partial charge on any atom is -0.462 e. The Kier molecular flexibility index (Phi) is 7.34. The van der Waals surface area contributed by atoms with Crippen LogP contribution >= 0.6 is 23.1 Å². The van der Waals surface area contributed by atoms with Crippen LogP contribution in [-0.2, 0) is 22.4 Å². The number of para-hydroxylation sites is 1. The van der Waals surface area contributed by atoms with Gasteiger partial charge in [-0.05, 0) is 59.4 Å². The van der Waals surface area contributed by atoms with E-state index in [-0.39, 0.29) is 24.9 Å². The van der Waals surface area contributed by atoms with Gasteiger partial charge in [-0.25, -0.2) is 9.59 Å². The highest BCUT2D eigenvalue weighted by molar-refractivity contribution is 7.99. The lowest BCUT2D eigenvalue weighted by molar-refractivity contribution is -0.704. The molecule has 2 N–H and O–H groups in total. The monoisotopic (exact) mass is 488 g/mol. The molecule has 2 heterocycles. The molecule has 1 aliphatic rings. The van der Waals surface area contributed by atoms with E-state index < -0.39 is 5.63 Å². The highest BCUT2D eigenvalue weighted by Gasteiger charge is 2.29. The number of rotatable bonds is 8.